The van der Waals surface area contributed by atoms with Gasteiger partial charge in [0, 0.05) is 68.5 Å². The molecule has 3 aromatic carbocycles. The molecule has 0 bridgehead atoms. The van der Waals surface area contributed by atoms with Crippen LogP contribution in [-0.2, 0) is 12.8 Å². The van der Waals surface area contributed by atoms with Crippen molar-refractivity contribution in [3.8, 4) is 11.4 Å². The van der Waals surface area contributed by atoms with E-state index >= 15 is 0 Å². The second-order valence-electron chi connectivity index (χ2n) is 10.7. The Morgan fingerprint density at radius 3 is 2.48 bits per heavy atom. The normalized spacial score (nSPS) is 14.4. The number of alkyl halides is 1. The summed E-state index contributed by atoms with van der Waals surface area (Å²) in [6.07, 6.45) is 2.94. The van der Waals surface area contributed by atoms with Crippen LogP contribution in [0.4, 0.5) is 11.4 Å². The van der Waals surface area contributed by atoms with Gasteiger partial charge in [-0.3, -0.25) is 0 Å². The second kappa shape index (κ2) is 11.9. The van der Waals surface area contributed by atoms with Crippen LogP contribution in [0.5, 0.6) is 0 Å². The number of aromatic amines is 2. The molecule has 5 aromatic rings. The summed E-state index contributed by atoms with van der Waals surface area (Å²) >= 11 is 6.05. The fourth-order valence-electron chi connectivity index (χ4n) is 5.74. The summed E-state index contributed by atoms with van der Waals surface area (Å²) in [4.78, 5) is 24.1. The Morgan fingerprint density at radius 1 is 0.875 bits per heavy atom. The third-order valence-electron chi connectivity index (χ3n) is 8.07. The first-order valence-corrected chi connectivity index (χ1v) is 15.0. The maximum atomic E-state index is 6.05. The van der Waals surface area contributed by atoms with E-state index in [2.05, 4.69) is 99.3 Å². The summed E-state index contributed by atoms with van der Waals surface area (Å²) < 4.78 is 0. The van der Waals surface area contributed by atoms with E-state index in [4.69, 9.17) is 21.6 Å². The van der Waals surface area contributed by atoms with Crippen molar-refractivity contribution in [1.29, 1.82) is 0 Å². The zero-order chi connectivity index (χ0) is 27.5. The number of imidazole rings is 2. The van der Waals surface area contributed by atoms with Crippen LogP contribution in [0.2, 0.25) is 0 Å². The largest absolute Gasteiger partial charge is 0.370 e. The van der Waals surface area contributed by atoms with Gasteiger partial charge in [-0.25, -0.2) is 9.97 Å². The Balaban J connectivity index is 1.15. The highest BCUT2D eigenvalue weighted by molar-refractivity contribution is 6.18. The van der Waals surface area contributed by atoms with Gasteiger partial charge in [-0.15, -0.1) is 11.6 Å². The van der Waals surface area contributed by atoms with Gasteiger partial charge in [0.25, 0.3) is 0 Å². The lowest BCUT2D eigenvalue weighted by atomic mass is 10.0. The number of hydrogen-bond acceptors (Lipinski definition) is 5. The number of aromatic nitrogens is 4. The molecule has 0 spiro atoms. The van der Waals surface area contributed by atoms with Crippen LogP contribution < -0.4 is 9.80 Å². The van der Waals surface area contributed by atoms with E-state index in [1.54, 1.807) is 0 Å². The molecule has 1 aliphatic heterocycles. The lowest BCUT2D eigenvalue weighted by Gasteiger charge is -2.34. The number of rotatable bonds is 10. The molecule has 1 saturated heterocycles. The Labute approximate surface area is 241 Å². The first-order chi connectivity index (χ1) is 19.6. The summed E-state index contributed by atoms with van der Waals surface area (Å²) in [7, 11) is 2.19. The molecular formula is C32H38ClN7. The Kier molecular flexibility index (Phi) is 7.93. The molecule has 1 fully saturated rings. The summed E-state index contributed by atoms with van der Waals surface area (Å²) in [5, 5.41) is 0. The number of H-pyrrole nitrogens is 2. The number of fused-ring (bicyclic) bond motifs is 2. The number of piperazine rings is 1. The maximum Gasteiger partial charge on any atom is 0.138 e. The van der Waals surface area contributed by atoms with E-state index in [9.17, 15) is 0 Å². The summed E-state index contributed by atoms with van der Waals surface area (Å²) in [5.41, 5.74) is 9.06. The summed E-state index contributed by atoms with van der Waals surface area (Å²) in [6.45, 7) is 8.29. The zero-order valence-electron chi connectivity index (χ0n) is 23.5. The molecule has 7 nitrogen and oxygen atoms in total. The van der Waals surface area contributed by atoms with Crippen LogP contribution >= 0.6 is 11.6 Å². The number of nitrogens with zero attached hydrogens (tertiary/aromatic N) is 5. The third kappa shape index (κ3) is 5.67. The summed E-state index contributed by atoms with van der Waals surface area (Å²) in [6, 6.07) is 21.6. The highest BCUT2D eigenvalue weighted by Crippen LogP contribution is 2.27. The molecule has 208 valence electrons. The van der Waals surface area contributed by atoms with E-state index in [1.165, 1.54) is 16.9 Å². The smallest absolute Gasteiger partial charge is 0.138 e. The monoisotopic (exact) mass is 555 g/mol. The minimum Gasteiger partial charge on any atom is -0.370 e. The number of benzene rings is 3. The molecule has 0 aliphatic carbocycles. The van der Waals surface area contributed by atoms with Crippen LogP contribution in [0.25, 0.3) is 33.5 Å². The lowest BCUT2D eigenvalue weighted by Crippen LogP contribution is -2.44. The van der Waals surface area contributed by atoms with Crippen LogP contribution in [0.15, 0.2) is 60.7 Å². The predicted molar refractivity (Wildman–Crippen MR) is 168 cm³/mol. The van der Waals surface area contributed by atoms with Gasteiger partial charge in [-0.1, -0.05) is 18.2 Å². The molecule has 40 heavy (non-hydrogen) atoms. The molecule has 1 aliphatic rings. The number of likely N-dealkylation sites (N-methyl/N-ethyl adjacent to an activating group) is 1. The minimum absolute atomic E-state index is 0.634. The average molecular weight is 556 g/mol. The Hall–Kier alpha value is -3.55. The first-order valence-electron chi connectivity index (χ1n) is 14.4. The van der Waals surface area contributed by atoms with Gasteiger partial charge in [0.1, 0.15) is 11.6 Å². The van der Waals surface area contributed by atoms with Crippen molar-refractivity contribution < 1.29 is 0 Å². The van der Waals surface area contributed by atoms with Crippen LogP contribution in [0, 0.1) is 0 Å². The molecule has 3 heterocycles. The van der Waals surface area contributed by atoms with Gasteiger partial charge >= 0.3 is 0 Å². The first kappa shape index (κ1) is 26.7. The lowest BCUT2D eigenvalue weighted by molar-refractivity contribution is 0.313. The van der Waals surface area contributed by atoms with Gasteiger partial charge < -0.3 is 24.7 Å². The number of aryl methyl sites for hydroxylation is 2. The third-order valence-corrected chi connectivity index (χ3v) is 8.24. The number of para-hydroxylation sites is 1. The molecule has 2 aromatic heterocycles. The molecule has 6 rings (SSSR count). The number of hydrogen-bond donors (Lipinski definition) is 2. The molecule has 0 unspecified atom stereocenters. The summed E-state index contributed by atoms with van der Waals surface area (Å²) in [5.74, 6) is 2.54. The van der Waals surface area contributed by atoms with Gasteiger partial charge in [0.05, 0.1) is 22.1 Å². The number of nitrogens with one attached hydrogen (secondary N) is 2. The van der Waals surface area contributed by atoms with Crippen molar-refractivity contribution in [2.24, 2.45) is 0 Å². The van der Waals surface area contributed by atoms with E-state index in [0.717, 1.165) is 97.8 Å². The zero-order valence-corrected chi connectivity index (χ0v) is 24.2. The van der Waals surface area contributed by atoms with Crippen molar-refractivity contribution >= 4 is 45.0 Å². The molecular weight excluding hydrogens is 518 g/mol. The predicted octanol–water partition coefficient (Wildman–Crippen LogP) is 6.10. The molecule has 2 N–H and O–H groups in total. The number of anilines is 2. The molecule has 0 atom stereocenters. The van der Waals surface area contributed by atoms with Crippen molar-refractivity contribution in [3.05, 3.63) is 72.1 Å². The van der Waals surface area contributed by atoms with E-state index < -0.39 is 0 Å². The molecule has 0 radical (unpaired) electrons. The quantitative estimate of drug-likeness (QED) is 0.204. The molecule has 0 saturated carbocycles. The average Bonchev–Trinajstić information content (AvgIpc) is 3.59. The van der Waals surface area contributed by atoms with Gasteiger partial charge in [-0.2, -0.15) is 0 Å². The highest BCUT2D eigenvalue weighted by Gasteiger charge is 2.16. The van der Waals surface area contributed by atoms with E-state index in [-0.39, 0.29) is 0 Å². The van der Waals surface area contributed by atoms with Crippen molar-refractivity contribution in [2.45, 2.75) is 26.2 Å². The Morgan fingerprint density at radius 2 is 1.65 bits per heavy atom. The molecule has 8 heteroatoms. The van der Waals surface area contributed by atoms with Crippen molar-refractivity contribution in [1.82, 2.24) is 24.8 Å². The van der Waals surface area contributed by atoms with Gasteiger partial charge in [-0.05, 0) is 74.8 Å². The topological polar surface area (TPSA) is 67.1 Å². The van der Waals surface area contributed by atoms with Crippen LogP contribution in [0.1, 0.15) is 24.7 Å². The maximum absolute atomic E-state index is 6.05. The van der Waals surface area contributed by atoms with Crippen molar-refractivity contribution in [3.63, 3.8) is 0 Å². The SMILES string of the molecule is CCN(CCCl)c1ccccc1CCCc1nc2cc(-c3nc4cc(N5CCN(C)CC5)ccc4[nH]3)ccc2[nH]1. The van der Waals surface area contributed by atoms with E-state index in [1.807, 2.05) is 0 Å². The second-order valence-corrected chi connectivity index (χ2v) is 11.1. The van der Waals surface area contributed by atoms with Crippen molar-refractivity contribution in [2.75, 3.05) is 62.0 Å². The molecule has 0 amide bonds. The number of halogens is 1. The van der Waals surface area contributed by atoms with Gasteiger partial charge in [0.2, 0.25) is 0 Å². The minimum atomic E-state index is 0.634. The van der Waals surface area contributed by atoms with E-state index in [0.29, 0.717) is 5.88 Å². The fourth-order valence-corrected chi connectivity index (χ4v) is 5.95. The fraction of sp³-hybridized carbons (Fsp3) is 0.375. The van der Waals surface area contributed by atoms with Crippen LogP contribution in [0.3, 0.4) is 0 Å². The standard InChI is InChI=1S/C32H38ClN7/c1-3-39(16-15-33)30-9-5-4-7-23(30)8-6-10-31-34-26-13-11-24(21-28(26)35-31)32-36-27-14-12-25(22-29(27)37-32)40-19-17-38(2)18-20-40/h4-5,7,9,11-14,21-22H,3,6,8,10,15-20H2,1-2H3,(H,34,35)(H,36,37). The van der Waals surface area contributed by atoms with Crippen LogP contribution in [-0.4, -0.2) is 77.0 Å². The highest BCUT2D eigenvalue weighted by atomic mass is 35.5. The van der Waals surface area contributed by atoms with Gasteiger partial charge in [0.15, 0.2) is 0 Å². The Bertz CT molecular complexity index is 1580.